The Bertz CT molecular complexity index is 406. The lowest BCUT2D eigenvalue weighted by Gasteiger charge is -1.92. The van der Waals surface area contributed by atoms with Gasteiger partial charge in [0.15, 0.2) is 0 Å². The minimum Gasteiger partial charge on any atom is -0.357 e. The second-order valence-electron chi connectivity index (χ2n) is 3.03. The molecule has 13 heavy (non-hydrogen) atoms. The molecule has 2 nitrogen and oxygen atoms in total. The maximum absolute atomic E-state index is 5.53. The van der Waals surface area contributed by atoms with E-state index in [2.05, 4.69) is 36.2 Å². The van der Waals surface area contributed by atoms with Crippen molar-refractivity contribution in [1.29, 1.82) is 0 Å². The van der Waals surface area contributed by atoms with Gasteiger partial charge in [-0.05, 0) is 24.6 Å². The van der Waals surface area contributed by atoms with Gasteiger partial charge in [-0.3, -0.25) is 0 Å². The molecular weight excluding hydrogens is 184 g/mol. The van der Waals surface area contributed by atoms with Gasteiger partial charge < -0.3 is 10.7 Å². The number of hydrogen-bond donors (Lipinski definition) is 2. The van der Waals surface area contributed by atoms with E-state index >= 15 is 0 Å². The summed E-state index contributed by atoms with van der Waals surface area (Å²) in [5, 5.41) is 1.28. The molecule has 1 heterocycles. The summed E-state index contributed by atoms with van der Waals surface area (Å²) in [5.74, 6) is 0. The Labute approximate surface area is 83.5 Å². The molecular formula is C10H13ClN2. The molecule has 3 N–H and O–H groups in total. The summed E-state index contributed by atoms with van der Waals surface area (Å²) < 4.78 is 0. The van der Waals surface area contributed by atoms with E-state index in [-0.39, 0.29) is 12.4 Å². The molecule has 0 fully saturated rings. The summed E-state index contributed by atoms with van der Waals surface area (Å²) in [5.41, 5.74) is 9.10. The summed E-state index contributed by atoms with van der Waals surface area (Å²) in [7, 11) is 0. The maximum atomic E-state index is 5.53. The SMILES string of the molecule is Cc1cccc2[nH]c(CN)cc12.Cl. The van der Waals surface area contributed by atoms with Gasteiger partial charge in [-0.25, -0.2) is 0 Å². The zero-order valence-electron chi connectivity index (χ0n) is 7.50. The predicted octanol–water partition coefficient (Wildman–Crippen LogP) is 2.36. The molecule has 0 amide bonds. The third-order valence-electron chi connectivity index (χ3n) is 2.16. The van der Waals surface area contributed by atoms with Crippen molar-refractivity contribution in [3.63, 3.8) is 0 Å². The van der Waals surface area contributed by atoms with Crippen molar-refractivity contribution in [2.24, 2.45) is 5.73 Å². The van der Waals surface area contributed by atoms with E-state index < -0.39 is 0 Å². The number of aromatic amines is 1. The number of aromatic nitrogens is 1. The fourth-order valence-electron chi connectivity index (χ4n) is 1.47. The van der Waals surface area contributed by atoms with Crippen molar-refractivity contribution < 1.29 is 0 Å². The van der Waals surface area contributed by atoms with Gasteiger partial charge in [0.1, 0.15) is 0 Å². The Hall–Kier alpha value is -0.990. The minimum absolute atomic E-state index is 0. The van der Waals surface area contributed by atoms with Gasteiger partial charge in [0, 0.05) is 23.1 Å². The summed E-state index contributed by atoms with van der Waals surface area (Å²) in [6.07, 6.45) is 0. The average molecular weight is 197 g/mol. The number of fused-ring (bicyclic) bond motifs is 1. The normalized spacial score (nSPS) is 10.0. The Balaban J connectivity index is 0.000000845. The first-order chi connectivity index (χ1) is 5.81. The molecule has 2 rings (SSSR count). The highest BCUT2D eigenvalue weighted by Gasteiger charge is 1.99. The van der Waals surface area contributed by atoms with Crippen LogP contribution in [0.4, 0.5) is 0 Å². The minimum atomic E-state index is 0. The second-order valence-corrected chi connectivity index (χ2v) is 3.03. The number of aryl methyl sites for hydroxylation is 1. The van der Waals surface area contributed by atoms with Crippen LogP contribution in [0.2, 0.25) is 0 Å². The Morgan fingerprint density at radius 1 is 1.38 bits per heavy atom. The molecule has 0 aliphatic carbocycles. The summed E-state index contributed by atoms with van der Waals surface area (Å²) in [4.78, 5) is 3.26. The van der Waals surface area contributed by atoms with Crippen molar-refractivity contribution >= 4 is 23.3 Å². The molecule has 0 saturated carbocycles. The van der Waals surface area contributed by atoms with Crippen LogP contribution < -0.4 is 5.73 Å². The highest BCUT2D eigenvalue weighted by molar-refractivity contribution is 5.85. The highest BCUT2D eigenvalue weighted by Crippen LogP contribution is 2.18. The van der Waals surface area contributed by atoms with E-state index in [1.807, 2.05) is 0 Å². The lowest BCUT2D eigenvalue weighted by atomic mass is 10.1. The smallest absolute Gasteiger partial charge is 0.0459 e. The maximum Gasteiger partial charge on any atom is 0.0459 e. The van der Waals surface area contributed by atoms with Gasteiger partial charge >= 0.3 is 0 Å². The first-order valence-electron chi connectivity index (χ1n) is 4.08. The predicted molar refractivity (Wildman–Crippen MR) is 58.2 cm³/mol. The van der Waals surface area contributed by atoms with Crippen molar-refractivity contribution in [2.75, 3.05) is 0 Å². The molecule has 0 bridgehead atoms. The lowest BCUT2D eigenvalue weighted by Crippen LogP contribution is -1.94. The molecule has 0 aliphatic heterocycles. The standard InChI is InChI=1S/C10H12N2.ClH/c1-7-3-2-4-10-9(7)5-8(6-11)12-10;/h2-5,12H,6,11H2,1H3;1H. The number of H-pyrrole nitrogens is 1. The molecule has 0 spiro atoms. The van der Waals surface area contributed by atoms with Gasteiger partial charge in [0.25, 0.3) is 0 Å². The molecule has 0 unspecified atom stereocenters. The largest absolute Gasteiger partial charge is 0.357 e. The van der Waals surface area contributed by atoms with Gasteiger partial charge in [0.2, 0.25) is 0 Å². The van der Waals surface area contributed by atoms with Crippen molar-refractivity contribution in [1.82, 2.24) is 4.98 Å². The number of rotatable bonds is 1. The van der Waals surface area contributed by atoms with Crippen LogP contribution in [0, 0.1) is 6.92 Å². The van der Waals surface area contributed by atoms with E-state index in [1.54, 1.807) is 0 Å². The molecule has 70 valence electrons. The average Bonchev–Trinajstić information content (AvgIpc) is 2.49. The second kappa shape index (κ2) is 3.81. The lowest BCUT2D eigenvalue weighted by molar-refractivity contribution is 1.02. The third kappa shape index (κ3) is 1.69. The molecule has 0 atom stereocenters. The van der Waals surface area contributed by atoms with Crippen LogP contribution in [0.15, 0.2) is 24.3 Å². The number of benzene rings is 1. The zero-order valence-corrected chi connectivity index (χ0v) is 8.32. The Morgan fingerprint density at radius 3 is 2.77 bits per heavy atom. The highest BCUT2D eigenvalue weighted by atomic mass is 35.5. The van der Waals surface area contributed by atoms with Crippen LogP contribution in [0.5, 0.6) is 0 Å². The Morgan fingerprint density at radius 2 is 2.15 bits per heavy atom. The van der Waals surface area contributed by atoms with Gasteiger partial charge in [-0.1, -0.05) is 12.1 Å². The summed E-state index contributed by atoms with van der Waals surface area (Å²) >= 11 is 0. The van der Waals surface area contributed by atoms with Gasteiger partial charge in [-0.15, -0.1) is 12.4 Å². The molecule has 0 radical (unpaired) electrons. The molecule has 0 saturated heterocycles. The number of hydrogen-bond acceptors (Lipinski definition) is 1. The van der Waals surface area contributed by atoms with E-state index in [9.17, 15) is 0 Å². The Kier molecular flexibility index (Phi) is 2.96. The summed E-state index contributed by atoms with van der Waals surface area (Å²) in [6.45, 7) is 2.69. The van der Waals surface area contributed by atoms with Crippen molar-refractivity contribution in [3.05, 3.63) is 35.5 Å². The van der Waals surface area contributed by atoms with Crippen LogP contribution in [-0.2, 0) is 6.54 Å². The topological polar surface area (TPSA) is 41.8 Å². The van der Waals surface area contributed by atoms with E-state index in [4.69, 9.17) is 5.73 Å². The van der Waals surface area contributed by atoms with Crippen LogP contribution >= 0.6 is 12.4 Å². The zero-order chi connectivity index (χ0) is 8.55. The molecule has 3 heteroatoms. The molecule has 2 aromatic rings. The fourth-order valence-corrected chi connectivity index (χ4v) is 1.47. The fraction of sp³-hybridized carbons (Fsp3) is 0.200. The van der Waals surface area contributed by atoms with Crippen LogP contribution in [0.3, 0.4) is 0 Å². The van der Waals surface area contributed by atoms with Crippen LogP contribution in [-0.4, -0.2) is 4.98 Å². The van der Waals surface area contributed by atoms with E-state index in [1.165, 1.54) is 16.5 Å². The van der Waals surface area contributed by atoms with E-state index in [0.29, 0.717) is 6.54 Å². The monoisotopic (exact) mass is 196 g/mol. The van der Waals surface area contributed by atoms with Gasteiger partial charge in [-0.2, -0.15) is 0 Å². The molecule has 1 aromatic carbocycles. The molecule has 1 aromatic heterocycles. The number of halogens is 1. The quantitative estimate of drug-likeness (QED) is 0.723. The van der Waals surface area contributed by atoms with E-state index in [0.717, 1.165) is 5.69 Å². The van der Waals surface area contributed by atoms with Crippen LogP contribution in [0.25, 0.3) is 10.9 Å². The number of nitrogens with two attached hydrogens (primary N) is 1. The molecule has 0 aliphatic rings. The summed E-state index contributed by atoms with van der Waals surface area (Å²) in [6, 6.07) is 8.34. The first-order valence-corrected chi connectivity index (χ1v) is 4.08. The van der Waals surface area contributed by atoms with Crippen molar-refractivity contribution in [3.8, 4) is 0 Å². The first kappa shape index (κ1) is 10.1. The van der Waals surface area contributed by atoms with Crippen molar-refractivity contribution in [2.45, 2.75) is 13.5 Å². The number of nitrogens with one attached hydrogen (secondary N) is 1. The van der Waals surface area contributed by atoms with Gasteiger partial charge in [0.05, 0.1) is 0 Å². The van der Waals surface area contributed by atoms with Crippen LogP contribution in [0.1, 0.15) is 11.3 Å². The third-order valence-corrected chi connectivity index (χ3v) is 2.16.